The fourth-order valence-corrected chi connectivity index (χ4v) is 3.87. The van der Waals surface area contributed by atoms with Crippen LogP contribution >= 0.6 is 0 Å². The van der Waals surface area contributed by atoms with Crippen molar-refractivity contribution < 1.29 is 13.9 Å². The lowest BCUT2D eigenvalue weighted by Gasteiger charge is -2.35. The van der Waals surface area contributed by atoms with Crippen LogP contribution in [-0.4, -0.2) is 68.6 Å². The molecule has 3 heterocycles. The third-order valence-electron chi connectivity index (χ3n) is 5.65. The number of aryl methyl sites for hydroxylation is 1. The van der Waals surface area contributed by atoms with Crippen molar-refractivity contribution in [2.75, 3.05) is 37.7 Å². The van der Waals surface area contributed by atoms with E-state index in [1.165, 1.54) is 23.1 Å². The van der Waals surface area contributed by atoms with Crippen LogP contribution in [-0.2, 0) is 4.79 Å². The molecule has 1 saturated heterocycles. The van der Waals surface area contributed by atoms with Crippen molar-refractivity contribution in [3.05, 3.63) is 66.2 Å². The molecule has 33 heavy (non-hydrogen) atoms. The summed E-state index contributed by atoms with van der Waals surface area (Å²) in [5.41, 5.74) is 2.56. The number of nitrogens with zero attached hydrogens (tertiary/aromatic N) is 7. The van der Waals surface area contributed by atoms with Crippen LogP contribution in [0.1, 0.15) is 5.56 Å². The van der Waals surface area contributed by atoms with E-state index >= 15 is 0 Å². The highest BCUT2D eigenvalue weighted by Crippen LogP contribution is 2.24. The summed E-state index contributed by atoms with van der Waals surface area (Å²) >= 11 is 0. The molecule has 4 aromatic rings. The zero-order chi connectivity index (χ0) is 22.8. The summed E-state index contributed by atoms with van der Waals surface area (Å²) in [6.07, 6.45) is 1.45. The molecule has 0 N–H and O–H groups in total. The molecule has 2 aromatic carbocycles. The molecule has 0 spiro atoms. The summed E-state index contributed by atoms with van der Waals surface area (Å²) in [4.78, 5) is 25.2. The number of hydrogen-bond acceptors (Lipinski definition) is 7. The number of piperazine rings is 1. The molecular weight excluding hydrogens is 425 g/mol. The largest absolute Gasteiger partial charge is 0.484 e. The average Bonchev–Trinajstić information content (AvgIpc) is 3.28. The van der Waals surface area contributed by atoms with Crippen LogP contribution in [0.5, 0.6) is 5.75 Å². The normalized spacial score (nSPS) is 14.0. The van der Waals surface area contributed by atoms with Crippen LogP contribution in [0, 0.1) is 12.7 Å². The van der Waals surface area contributed by atoms with Gasteiger partial charge in [0.15, 0.2) is 23.6 Å². The lowest BCUT2D eigenvalue weighted by molar-refractivity contribution is -0.133. The van der Waals surface area contributed by atoms with Gasteiger partial charge in [0.1, 0.15) is 17.9 Å². The van der Waals surface area contributed by atoms with E-state index in [9.17, 15) is 9.18 Å². The first kappa shape index (κ1) is 20.8. The summed E-state index contributed by atoms with van der Waals surface area (Å²) in [5, 5.41) is 8.40. The molecule has 168 valence electrons. The second-order valence-electron chi connectivity index (χ2n) is 7.77. The maximum atomic E-state index is 13.7. The van der Waals surface area contributed by atoms with Crippen LogP contribution in [0.4, 0.5) is 10.2 Å². The van der Waals surface area contributed by atoms with Gasteiger partial charge in [0.25, 0.3) is 5.91 Å². The summed E-state index contributed by atoms with van der Waals surface area (Å²) in [6.45, 7) is 4.22. The van der Waals surface area contributed by atoms with Gasteiger partial charge < -0.3 is 14.5 Å². The second kappa shape index (κ2) is 8.81. The molecule has 0 radical (unpaired) electrons. The van der Waals surface area contributed by atoms with Gasteiger partial charge in [-0.15, -0.1) is 5.10 Å². The molecule has 1 amide bonds. The number of hydrogen-bond donors (Lipinski definition) is 0. The Labute approximate surface area is 189 Å². The van der Waals surface area contributed by atoms with Gasteiger partial charge in [-0.1, -0.05) is 29.5 Å². The summed E-state index contributed by atoms with van der Waals surface area (Å²) < 4.78 is 20.9. The number of fused-ring (bicyclic) bond motifs is 1. The third-order valence-corrected chi connectivity index (χ3v) is 5.65. The van der Waals surface area contributed by atoms with E-state index in [1.54, 1.807) is 17.0 Å². The Bertz CT molecular complexity index is 1300. The van der Waals surface area contributed by atoms with E-state index in [1.807, 2.05) is 31.2 Å². The molecule has 1 fully saturated rings. The van der Waals surface area contributed by atoms with E-state index in [0.717, 1.165) is 5.56 Å². The van der Waals surface area contributed by atoms with Gasteiger partial charge in [-0.25, -0.2) is 14.4 Å². The van der Waals surface area contributed by atoms with Gasteiger partial charge >= 0.3 is 0 Å². The highest BCUT2D eigenvalue weighted by Gasteiger charge is 2.25. The standard InChI is InChI=1S/C23H22FN7O2/c1-16-5-2-3-8-19(16)33-14-20(32)29-9-11-30(12-10-29)22-21-23(26-15-25-22)31(28-27-21)18-7-4-6-17(24)13-18/h2-8,13,15H,9-12,14H2,1H3. The van der Waals surface area contributed by atoms with Gasteiger partial charge in [0, 0.05) is 26.2 Å². The quantitative estimate of drug-likeness (QED) is 0.464. The molecule has 1 aliphatic heterocycles. The second-order valence-corrected chi connectivity index (χ2v) is 7.77. The van der Waals surface area contributed by atoms with Crippen LogP contribution in [0.3, 0.4) is 0 Å². The lowest BCUT2D eigenvalue weighted by Crippen LogP contribution is -2.50. The first-order chi connectivity index (χ1) is 16.1. The molecule has 0 unspecified atom stereocenters. The Kier molecular flexibility index (Phi) is 5.55. The minimum Gasteiger partial charge on any atom is -0.484 e. The van der Waals surface area contributed by atoms with Crippen molar-refractivity contribution in [2.45, 2.75) is 6.92 Å². The van der Waals surface area contributed by atoms with Crippen LogP contribution in [0.15, 0.2) is 54.9 Å². The van der Waals surface area contributed by atoms with Crippen LogP contribution in [0.2, 0.25) is 0 Å². The van der Waals surface area contributed by atoms with E-state index < -0.39 is 0 Å². The number of para-hydroxylation sites is 1. The minimum atomic E-state index is -0.363. The summed E-state index contributed by atoms with van der Waals surface area (Å²) in [7, 11) is 0. The van der Waals surface area contributed by atoms with E-state index in [0.29, 0.717) is 54.6 Å². The number of carbonyl (C=O) groups is 1. The summed E-state index contributed by atoms with van der Waals surface area (Å²) in [5.74, 6) is 0.945. The Morgan fingerprint density at radius 2 is 1.88 bits per heavy atom. The molecule has 0 atom stereocenters. The number of carbonyl (C=O) groups excluding carboxylic acids is 1. The van der Waals surface area contributed by atoms with Gasteiger partial charge in [0.05, 0.1) is 5.69 Å². The fourth-order valence-electron chi connectivity index (χ4n) is 3.87. The fraction of sp³-hybridized carbons (Fsp3) is 0.261. The van der Waals surface area contributed by atoms with Crippen molar-refractivity contribution in [2.24, 2.45) is 0 Å². The average molecular weight is 447 g/mol. The molecule has 10 heteroatoms. The monoisotopic (exact) mass is 447 g/mol. The van der Waals surface area contributed by atoms with E-state index in [2.05, 4.69) is 25.2 Å². The zero-order valence-electron chi connectivity index (χ0n) is 18.1. The zero-order valence-corrected chi connectivity index (χ0v) is 18.1. The molecule has 0 aliphatic carbocycles. The smallest absolute Gasteiger partial charge is 0.260 e. The summed E-state index contributed by atoms with van der Waals surface area (Å²) in [6, 6.07) is 13.7. The van der Waals surface area contributed by atoms with Crippen LogP contribution in [0.25, 0.3) is 16.9 Å². The van der Waals surface area contributed by atoms with E-state index in [-0.39, 0.29) is 18.3 Å². The minimum absolute atomic E-state index is 0.00453. The molecule has 5 rings (SSSR count). The maximum absolute atomic E-state index is 13.7. The van der Waals surface area contributed by atoms with E-state index in [4.69, 9.17) is 4.74 Å². The van der Waals surface area contributed by atoms with Crippen LogP contribution < -0.4 is 9.64 Å². The Balaban J connectivity index is 1.27. The molecule has 2 aromatic heterocycles. The van der Waals surface area contributed by atoms with Crippen molar-refractivity contribution in [3.63, 3.8) is 0 Å². The van der Waals surface area contributed by atoms with Crippen molar-refractivity contribution in [1.29, 1.82) is 0 Å². The number of rotatable bonds is 5. The molecular formula is C23H22FN7O2. The Morgan fingerprint density at radius 3 is 2.67 bits per heavy atom. The number of aromatic nitrogens is 5. The number of anilines is 1. The number of halogens is 1. The topological polar surface area (TPSA) is 89.3 Å². The number of benzene rings is 2. The lowest BCUT2D eigenvalue weighted by atomic mass is 10.2. The number of ether oxygens (including phenoxy) is 1. The molecule has 0 saturated carbocycles. The third kappa shape index (κ3) is 4.19. The Morgan fingerprint density at radius 1 is 1.06 bits per heavy atom. The highest BCUT2D eigenvalue weighted by molar-refractivity contribution is 5.84. The maximum Gasteiger partial charge on any atom is 0.260 e. The van der Waals surface area contributed by atoms with Crippen molar-refractivity contribution in [1.82, 2.24) is 29.9 Å². The first-order valence-corrected chi connectivity index (χ1v) is 10.6. The molecule has 9 nitrogen and oxygen atoms in total. The van der Waals surface area contributed by atoms with Gasteiger partial charge in [-0.3, -0.25) is 4.79 Å². The predicted molar refractivity (Wildman–Crippen MR) is 120 cm³/mol. The van der Waals surface area contributed by atoms with Gasteiger partial charge in [-0.05, 0) is 36.8 Å². The predicted octanol–water partition coefficient (Wildman–Crippen LogP) is 2.39. The van der Waals surface area contributed by atoms with Gasteiger partial charge in [0.2, 0.25) is 0 Å². The Hall–Kier alpha value is -4.08. The SMILES string of the molecule is Cc1ccccc1OCC(=O)N1CCN(c2ncnc3c2nnn3-c2cccc(F)c2)CC1. The van der Waals surface area contributed by atoms with Crippen molar-refractivity contribution in [3.8, 4) is 11.4 Å². The molecule has 1 aliphatic rings. The highest BCUT2D eigenvalue weighted by atomic mass is 19.1. The van der Waals surface area contributed by atoms with Gasteiger partial charge in [-0.2, -0.15) is 4.68 Å². The van der Waals surface area contributed by atoms with Crippen molar-refractivity contribution >= 4 is 22.9 Å². The molecule has 0 bridgehead atoms. The first-order valence-electron chi connectivity index (χ1n) is 10.6. The number of amides is 1.